The van der Waals surface area contributed by atoms with Crippen molar-refractivity contribution in [2.75, 3.05) is 28.4 Å². The van der Waals surface area contributed by atoms with Gasteiger partial charge in [0.1, 0.15) is 0 Å². The molecule has 0 aliphatic heterocycles. The molecular weight excluding hydrogens is 488 g/mol. The Morgan fingerprint density at radius 3 is 1.34 bits per heavy atom. The first kappa shape index (κ1) is 30.1. The number of rotatable bonds is 17. The highest BCUT2D eigenvalue weighted by atomic mass is 16.5. The van der Waals surface area contributed by atoms with Crippen molar-refractivity contribution in [3.8, 4) is 23.0 Å². The second-order valence-electron chi connectivity index (χ2n) is 8.44. The van der Waals surface area contributed by atoms with Crippen LogP contribution in [0.1, 0.15) is 62.5 Å². The van der Waals surface area contributed by atoms with E-state index >= 15 is 0 Å². The van der Waals surface area contributed by atoms with Crippen molar-refractivity contribution in [1.29, 1.82) is 0 Å². The minimum Gasteiger partial charge on any atom is -0.493 e. The molecule has 0 unspecified atom stereocenters. The predicted molar refractivity (Wildman–Crippen MR) is 148 cm³/mol. The van der Waals surface area contributed by atoms with Gasteiger partial charge in [-0.1, -0.05) is 25.7 Å². The van der Waals surface area contributed by atoms with Crippen LogP contribution in [-0.4, -0.2) is 52.7 Å². The molecule has 10 nitrogen and oxygen atoms in total. The van der Waals surface area contributed by atoms with E-state index in [1.54, 1.807) is 65.1 Å². The largest absolute Gasteiger partial charge is 0.493 e. The Balaban J connectivity index is 1.51. The van der Waals surface area contributed by atoms with Crippen molar-refractivity contribution in [2.24, 2.45) is 10.2 Å². The van der Waals surface area contributed by atoms with Gasteiger partial charge in [0, 0.05) is 12.8 Å². The number of amides is 2. The molecule has 0 fully saturated rings. The van der Waals surface area contributed by atoms with Crippen molar-refractivity contribution < 1.29 is 28.5 Å². The minimum atomic E-state index is -0.118. The third-order valence-corrected chi connectivity index (χ3v) is 5.68. The van der Waals surface area contributed by atoms with Gasteiger partial charge in [0.05, 0.1) is 40.9 Å². The summed E-state index contributed by atoms with van der Waals surface area (Å²) in [5.74, 6) is 2.23. The highest BCUT2D eigenvalue weighted by Crippen LogP contribution is 2.27. The molecule has 206 valence electrons. The number of nitrogens with one attached hydrogen (secondary N) is 2. The molecule has 0 atom stereocenters. The maximum absolute atomic E-state index is 12.0. The van der Waals surface area contributed by atoms with E-state index in [1.165, 1.54) is 0 Å². The van der Waals surface area contributed by atoms with Gasteiger partial charge in [0.15, 0.2) is 23.0 Å². The molecule has 2 amide bonds. The van der Waals surface area contributed by atoms with Gasteiger partial charge in [-0.25, -0.2) is 10.9 Å². The van der Waals surface area contributed by atoms with Crippen LogP contribution in [0.5, 0.6) is 23.0 Å². The first-order valence-corrected chi connectivity index (χ1v) is 12.6. The minimum absolute atomic E-state index is 0.118. The van der Waals surface area contributed by atoms with Crippen molar-refractivity contribution >= 4 is 24.2 Å². The predicted octanol–water partition coefficient (Wildman–Crippen LogP) is 4.44. The lowest BCUT2D eigenvalue weighted by Crippen LogP contribution is -2.17. The maximum Gasteiger partial charge on any atom is 0.240 e. The van der Waals surface area contributed by atoms with E-state index < -0.39 is 0 Å². The third-order valence-electron chi connectivity index (χ3n) is 5.68. The number of nitrogens with zero attached hydrogens (tertiary/aromatic N) is 2. The van der Waals surface area contributed by atoms with E-state index in [4.69, 9.17) is 18.9 Å². The molecule has 0 saturated heterocycles. The Kier molecular flexibility index (Phi) is 13.8. The van der Waals surface area contributed by atoms with Gasteiger partial charge in [-0.3, -0.25) is 9.59 Å². The second-order valence-corrected chi connectivity index (χ2v) is 8.44. The van der Waals surface area contributed by atoms with Crippen molar-refractivity contribution in [3.63, 3.8) is 0 Å². The fraction of sp³-hybridized carbons (Fsp3) is 0.429. The van der Waals surface area contributed by atoms with E-state index in [0.29, 0.717) is 35.8 Å². The van der Waals surface area contributed by atoms with Crippen LogP contribution in [0.4, 0.5) is 0 Å². The molecule has 0 radical (unpaired) electrons. The second kappa shape index (κ2) is 17.4. The van der Waals surface area contributed by atoms with Crippen molar-refractivity contribution in [2.45, 2.75) is 51.4 Å². The number of hydrogen-bond acceptors (Lipinski definition) is 8. The highest BCUT2D eigenvalue weighted by Gasteiger charge is 2.05. The summed E-state index contributed by atoms with van der Waals surface area (Å²) in [6, 6.07) is 10.8. The molecular formula is C28H38N4O6. The summed E-state index contributed by atoms with van der Waals surface area (Å²) >= 11 is 0. The monoisotopic (exact) mass is 526 g/mol. The highest BCUT2D eigenvalue weighted by molar-refractivity contribution is 5.84. The van der Waals surface area contributed by atoms with Gasteiger partial charge in [0.25, 0.3) is 0 Å². The van der Waals surface area contributed by atoms with Gasteiger partial charge in [-0.15, -0.1) is 0 Å². The summed E-state index contributed by atoms with van der Waals surface area (Å²) in [6.45, 7) is 0. The number of methoxy groups -OCH3 is 4. The topological polar surface area (TPSA) is 120 Å². The Bertz CT molecular complexity index is 1000. The fourth-order valence-electron chi connectivity index (χ4n) is 3.61. The van der Waals surface area contributed by atoms with E-state index in [0.717, 1.165) is 49.7 Å². The Morgan fingerprint density at radius 2 is 0.974 bits per heavy atom. The number of ether oxygens (including phenoxy) is 4. The molecule has 0 aromatic heterocycles. The summed E-state index contributed by atoms with van der Waals surface area (Å²) in [7, 11) is 6.28. The lowest BCUT2D eigenvalue weighted by Gasteiger charge is -2.07. The molecule has 0 aliphatic carbocycles. The number of unbranched alkanes of at least 4 members (excludes halogenated alkanes) is 5. The molecule has 2 aromatic carbocycles. The standard InChI is InChI=1S/C28H38N4O6/c1-35-23-15-13-21(17-25(23)37-3)19-29-31-27(33)11-9-7-5-6-8-10-12-28(34)32-30-20-22-14-16-24(36-2)26(18-22)38-4/h13-20H,5-12H2,1-4H3,(H,31,33)(H,32,34)/b29-19+,30-20+. The van der Waals surface area contributed by atoms with Crippen LogP contribution in [0, 0.1) is 0 Å². The quantitative estimate of drug-likeness (QED) is 0.179. The third kappa shape index (κ3) is 10.9. The first-order valence-electron chi connectivity index (χ1n) is 12.6. The molecule has 0 spiro atoms. The number of carbonyl (C=O) groups excluding carboxylic acids is 2. The molecule has 38 heavy (non-hydrogen) atoms. The SMILES string of the molecule is COc1ccc(/C=N/NC(=O)CCCCCCCCC(=O)N/N=C/c2ccc(OC)c(OC)c2)cc1OC. The summed E-state index contributed by atoms with van der Waals surface area (Å²) < 4.78 is 20.9. The van der Waals surface area contributed by atoms with E-state index in [2.05, 4.69) is 21.1 Å². The van der Waals surface area contributed by atoms with Gasteiger partial charge in [-0.2, -0.15) is 10.2 Å². The first-order chi connectivity index (χ1) is 18.5. The smallest absolute Gasteiger partial charge is 0.240 e. The van der Waals surface area contributed by atoms with Gasteiger partial charge in [0.2, 0.25) is 11.8 Å². The van der Waals surface area contributed by atoms with Crippen molar-refractivity contribution in [1.82, 2.24) is 10.9 Å². The van der Waals surface area contributed by atoms with Crippen LogP contribution < -0.4 is 29.8 Å². The van der Waals surface area contributed by atoms with Gasteiger partial charge < -0.3 is 18.9 Å². The van der Waals surface area contributed by atoms with Crippen LogP contribution in [0.15, 0.2) is 46.6 Å². The summed E-state index contributed by atoms with van der Waals surface area (Å²) in [5.41, 5.74) is 6.68. The molecule has 0 bridgehead atoms. The number of benzene rings is 2. The Labute approximate surface area is 224 Å². The molecule has 2 aromatic rings. The average Bonchev–Trinajstić information content (AvgIpc) is 2.94. The van der Waals surface area contributed by atoms with Crippen LogP contribution in [0.3, 0.4) is 0 Å². The number of carbonyl (C=O) groups is 2. The zero-order chi connectivity index (χ0) is 27.6. The summed E-state index contributed by atoms with van der Waals surface area (Å²) in [4.78, 5) is 23.9. The fourth-order valence-corrected chi connectivity index (χ4v) is 3.61. The zero-order valence-electron chi connectivity index (χ0n) is 22.6. The molecule has 0 aliphatic rings. The molecule has 0 heterocycles. The van der Waals surface area contributed by atoms with Crippen LogP contribution in [-0.2, 0) is 9.59 Å². The molecule has 2 N–H and O–H groups in total. The van der Waals surface area contributed by atoms with Gasteiger partial charge in [-0.05, 0) is 60.4 Å². The average molecular weight is 527 g/mol. The van der Waals surface area contributed by atoms with Crippen molar-refractivity contribution in [3.05, 3.63) is 47.5 Å². The lowest BCUT2D eigenvalue weighted by atomic mass is 10.1. The Hall–Kier alpha value is -4.08. The summed E-state index contributed by atoms with van der Waals surface area (Å²) in [6.07, 6.45) is 9.50. The van der Waals surface area contributed by atoms with E-state index in [-0.39, 0.29) is 11.8 Å². The van der Waals surface area contributed by atoms with Gasteiger partial charge >= 0.3 is 0 Å². The molecule has 0 saturated carbocycles. The Morgan fingerprint density at radius 1 is 0.605 bits per heavy atom. The maximum atomic E-state index is 12.0. The molecule has 2 rings (SSSR count). The van der Waals surface area contributed by atoms with Crippen LogP contribution in [0.2, 0.25) is 0 Å². The normalized spacial score (nSPS) is 10.9. The number of hydrazone groups is 2. The van der Waals surface area contributed by atoms with E-state index in [9.17, 15) is 9.59 Å². The number of hydrogen-bond donors (Lipinski definition) is 2. The lowest BCUT2D eigenvalue weighted by molar-refractivity contribution is -0.122. The van der Waals surface area contributed by atoms with Crippen LogP contribution in [0.25, 0.3) is 0 Å². The van der Waals surface area contributed by atoms with E-state index in [1.807, 2.05) is 12.1 Å². The summed E-state index contributed by atoms with van der Waals surface area (Å²) in [5, 5.41) is 8.00. The molecule has 10 heteroatoms. The van der Waals surface area contributed by atoms with Crippen LogP contribution >= 0.6 is 0 Å². The zero-order valence-corrected chi connectivity index (χ0v) is 22.6.